The largest absolute Gasteiger partial charge is 0.492 e. The molecule has 164 valence electrons. The molecule has 4 atom stereocenters. The molecule has 0 spiro atoms. The molecule has 0 aromatic carbocycles. The molecule has 7 heteroatoms. The van der Waals surface area contributed by atoms with Crippen molar-refractivity contribution < 1.29 is 28.8 Å². The monoisotopic (exact) mass is 418 g/mol. The zero-order valence-electron chi connectivity index (χ0n) is 18.2. The van der Waals surface area contributed by atoms with Gasteiger partial charge in [-0.1, -0.05) is 36.0 Å². The summed E-state index contributed by atoms with van der Waals surface area (Å²) >= 11 is 0. The number of hydrogen-bond donors (Lipinski definition) is 2. The second-order valence-electron chi connectivity index (χ2n) is 7.60. The third-order valence-corrected chi connectivity index (χ3v) is 5.14. The standard InChI is InChI=1S/C23H30O7/c1-15(14-22(3)21(25)23(4,26)16(2)30-22)11-9-7-8-10-12-17-20(28-6)18(27-5)13-19(24)29-17/h7-14,16,21,25-26H,1-6H3/b8-7+,11-9+,12-10+,15-14+/t16-,21+,22+,23+/m0/s1. The van der Waals surface area contributed by atoms with Crippen molar-refractivity contribution in [3.63, 3.8) is 0 Å². The first-order valence-corrected chi connectivity index (χ1v) is 9.60. The summed E-state index contributed by atoms with van der Waals surface area (Å²) < 4.78 is 21.3. The van der Waals surface area contributed by atoms with Crippen LogP contribution in [0.2, 0.25) is 0 Å². The maximum absolute atomic E-state index is 11.6. The molecule has 1 aromatic rings. The van der Waals surface area contributed by atoms with E-state index in [0.29, 0.717) is 11.5 Å². The van der Waals surface area contributed by atoms with Gasteiger partial charge in [0.1, 0.15) is 17.3 Å². The van der Waals surface area contributed by atoms with Gasteiger partial charge in [-0.3, -0.25) is 0 Å². The molecule has 0 amide bonds. The van der Waals surface area contributed by atoms with E-state index in [9.17, 15) is 15.0 Å². The van der Waals surface area contributed by atoms with E-state index in [1.165, 1.54) is 20.3 Å². The van der Waals surface area contributed by atoms with Gasteiger partial charge in [0.05, 0.1) is 26.4 Å². The summed E-state index contributed by atoms with van der Waals surface area (Å²) in [5.41, 5.74) is -1.94. The van der Waals surface area contributed by atoms with Crippen LogP contribution in [0.25, 0.3) is 6.08 Å². The van der Waals surface area contributed by atoms with E-state index < -0.39 is 29.0 Å². The number of aliphatic hydroxyl groups is 2. The van der Waals surface area contributed by atoms with Crippen LogP contribution in [0.4, 0.5) is 0 Å². The van der Waals surface area contributed by atoms with Crippen LogP contribution < -0.4 is 15.1 Å². The van der Waals surface area contributed by atoms with E-state index in [0.717, 1.165) is 5.57 Å². The first-order valence-electron chi connectivity index (χ1n) is 9.60. The lowest BCUT2D eigenvalue weighted by Crippen LogP contribution is -2.47. The zero-order chi connectivity index (χ0) is 22.5. The molecule has 1 aliphatic rings. The summed E-state index contributed by atoms with van der Waals surface area (Å²) in [6, 6.07) is 1.22. The van der Waals surface area contributed by atoms with Gasteiger partial charge in [-0.05, 0) is 39.8 Å². The minimum atomic E-state index is -1.31. The van der Waals surface area contributed by atoms with Gasteiger partial charge in [0, 0.05) is 0 Å². The number of ether oxygens (including phenoxy) is 3. The highest BCUT2D eigenvalue weighted by Crippen LogP contribution is 2.39. The van der Waals surface area contributed by atoms with Gasteiger partial charge < -0.3 is 28.8 Å². The number of rotatable bonds is 7. The second-order valence-corrected chi connectivity index (χ2v) is 7.60. The van der Waals surface area contributed by atoms with Gasteiger partial charge in [0.15, 0.2) is 11.5 Å². The smallest absolute Gasteiger partial charge is 0.340 e. The fraction of sp³-hybridized carbons (Fsp3) is 0.435. The molecule has 0 unspecified atom stereocenters. The molecule has 7 nitrogen and oxygen atoms in total. The maximum atomic E-state index is 11.6. The molecule has 1 aromatic heterocycles. The fourth-order valence-corrected chi connectivity index (χ4v) is 3.40. The summed E-state index contributed by atoms with van der Waals surface area (Å²) in [5, 5.41) is 20.8. The average molecular weight is 418 g/mol. The quantitative estimate of drug-likeness (QED) is 0.657. The third-order valence-electron chi connectivity index (χ3n) is 5.14. The van der Waals surface area contributed by atoms with Gasteiger partial charge in [0.2, 0.25) is 5.75 Å². The van der Waals surface area contributed by atoms with Crippen molar-refractivity contribution in [3.8, 4) is 11.5 Å². The molecule has 0 aliphatic carbocycles. The highest BCUT2D eigenvalue weighted by atomic mass is 16.6. The van der Waals surface area contributed by atoms with E-state index in [-0.39, 0.29) is 5.76 Å². The lowest BCUT2D eigenvalue weighted by Gasteiger charge is -2.28. The molecule has 2 rings (SSSR count). The Balaban J connectivity index is 2.07. The van der Waals surface area contributed by atoms with Crippen molar-refractivity contribution in [1.82, 2.24) is 0 Å². The van der Waals surface area contributed by atoms with Crippen molar-refractivity contribution in [2.75, 3.05) is 14.2 Å². The van der Waals surface area contributed by atoms with Crippen LogP contribution in [0.3, 0.4) is 0 Å². The van der Waals surface area contributed by atoms with E-state index in [1.807, 2.05) is 19.1 Å². The predicted octanol–water partition coefficient (Wildman–Crippen LogP) is 3.02. The van der Waals surface area contributed by atoms with Crippen molar-refractivity contribution in [1.29, 1.82) is 0 Å². The van der Waals surface area contributed by atoms with Crippen molar-refractivity contribution in [3.05, 3.63) is 64.3 Å². The number of aliphatic hydroxyl groups excluding tert-OH is 1. The highest BCUT2D eigenvalue weighted by molar-refractivity contribution is 5.57. The Morgan fingerprint density at radius 1 is 1.17 bits per heavy atom. The van der Waals surface area contributed by atoms with Crippen LogP contribution in [0.5, 0.6) is 11.5 Å². The summed E-state index contributed by atoms with van der Waals surface area (Å²) in [6.45, 7) is 6.94. The SMILES string of the molecule is COc1cc(=O)oc(/C=C/C=C/C=C/C(C)=C/[C@@]2(C)O[C@@H](C)[C@@](C)(O)[C@@H]2O)c1OC. The van der Waals surface area contributed by atoms with Gasteiger partial charge in [-0.25, -0.2) is 4.79 Å². The molecule has 2 N–H and O–H groups in total. The second kappa shape index (κ2) is 9.47. The molecular weight excluding hydrogens is 388 g/mol. The van der Waals surface area contributed by atoms with Gasteiger partial charge in [-0.2, -0.15) is 0 Å². The van der Waals surface area contributed by atoms with E-state index in [2.05, 4.69) is 0 Å². The fourth-order valence-electron chi connectivity index (χ4n) is 3.40. The average Bonchev–Trinajstić information content (AvgIpc) is 2.83. The minimum Gasteiger partial charge on any atom is -0.492 e. The summed E-state index contributed by atoms with van der Waals surface area (Å²) in [6.07, 6.45) is 10.8. The normalized spacial score (nSPS) is 30.1. The molecule has 30 heavy (non-hydrogen) atoms. The Morgan fingerprint density at radius 3 is 2.40 bits per heavy atom. The van der Waals surface area contributed by atoms with Crippen LogP contribution in [0.15, 0.2) is 57.3 Å². The van der Waals surface area contributed by atoms with Crippen LogP contribution in [-0.2, 0) is 4.74 Å². The molecule has 0 saturated carbocycles. The Kier molecular flexibility index (Phi) is 7.47. The van der Waals surface area contributed by atoms with Crippen LogP contribution in [0.1, 0.15) is 33.5 Å². The molecule has 0 bridgehead atoms. The number of methoxy groups -OCH3 is 2. The van der Waals surface area contributed by atoms with Crippen molar-refractivity contribution >= 4 is 6.08 Å². The summed E-state index contributed by atoms with van der Waals surface area (Å²) in [7, 11) is 2.91. The van der Waals surface area contributed by atoms with E-state index in [4.69, 9.17) is 18.6 Å². The number of hydrogen-bond acceptors (Lipinski definition) is 7. The molecular formula is C23H30O7. The molecule has 1 aliphatic heterocycles. The van der Waals surface area contributed by atoms with Gasteiger partial charge in [-0.15, -0.1) is 0 Å². The Labute approximate surface area is 176 Å². The molecule has 2 heterocycles. The zero-order valence-corrected chi connectivity index (χ0v) is 18.2. The lowest BCUT2D eigenvalue weighted by atomic mass is 9.86. The van der Waals surface area contributed by atoms with Crippen LogP contribution in [0, 0.1) is 0 Å². The molecule has 1 saturated heterocycles. The van der Waals surface area contributed by atoms with E-state index >= 15 is 0 Å². The molecule has 0 radical (unpaired) electrons. The summed E-state index contributed by atoms with van der Waals surface area (Å²) in [4.78, 5) is 11.6. The topological polar surface area (TPSA) is 98.4 Å². The summed E-state index contributed by atoms with van der Waals surface area (Å²) in [5.74, 6) is 0.897. The number of allylic oxidation sites excluding steroid dienone is 6. The highest BCUT2D eigenvalue weighted by Gasteiger charge is 2.55. The first kappa shape index (κ1) is 23.7. The Bertz CT molecular complexity index is 920. The van der Waals surface area contributed by atoms with Crippen LogP contribution in [-0.4, -0.2) is 47.8 Å². The van der Waals surface area contributed by atoms with Gasteiger partial charge in [0.25, 0.3) is 0 Å². The van der Waals surface area contributed by atoms with Crippen molar-refractivity contribution in [2.45, 2.75) is 51.1 Å². The Morgan fingerprint density at radius 2 is 1.83 bits per heavy atom. The molecule has 1 fully saturated rings. The predicted molar refractivity (Wildman–Crippen MR) is 115 cm³/mol. The third kappa shape index (κ3) is 5.11. The first-order chi connectivity index (χ1) is 14.0. The van der Waals surface area contributed by atoms with Gasteiger partial charge >= 0.3 is 5.63 Å². The maximum Gasteiger partial charge on any atom is 0.340 e. The van der Waals surface area contributed by atoms with E-state index in [1.54, 1.807) is 51.2 Å². The lowest BCUT2D eigenvalue weighted by molar-refractivity contribution is -0.0579. The Hall–Kier alpha value is -2.61. The van der Waals surface area contributed by atoms with Crippen molar-refractivity contribution in [2.24, 2.45) is 0 Å². The minimum absolute atomic E-state index is 0.257. The van der Waals surface area contributed by atoms with Crippen LogP contribution >= 0.6 is 0 Å².